The van der Waals surface area contributed by atoms with Crippen LogP contribution in [0.4, 0.5) is 0 Å². The van der Waals surface area contributed by atoms with Gasteiger partial charge in [0.2, 0.25) is 0 Å². The second kappa shape index (κ2) is 8.99. The first-order valence-corrected chi connectivity index (χ1v) is 7.63. The SMILES string of the molecule is N#CCCN(Cc1ccccc1)C(CO)Cc1ccccc1. The first kappa shape index (κ1) is 16.2. The summed E-state index contributed by atoms with van der Waals surface area (Å²) in [6.07, 6.45) is 1.26. The van der Waals surface area contributed by atoms with Crippen LogP contribution in [0.2, 0.25) is 0 Å². The molecule has 0 radical (unpaired) electrons. The molecule has 0 aliphatic rings. The summed E-state index contributed by atoms with van der Waals surface area (Å²) in [5.74, 6) is 0. The molecule has 22 heavy (non-hydrogen) atoms. The number of benzene rings is 2. The Bertz CT molecular complexity index is 577. The van der Waals surface area contributed by atoms with Crippen molar-refractivity contribution in [3.63, 3.8) is 0 Å². The summed E-state index contributed by atoms with van der Waals surface area (Å²) in [6.45, 7) is 1.51. The molecule has 3 nitrogen and oxygen atoms in total. The van der Waals surface area contributed by atoms with E-state index in [1.807, 2.05) is 36.4 Å². The van der Waals surface area contributed by atoms with Gasteiger partial charge < -0.3 is 5.11 Å². The molecule has 1 atom stereocenters. The van der Waals surface area contributed by atoms with Crippen molar-refractivity contribution in [2.75, 3.05) is 13.2 Å². The lowest BCUT2D eigenvalue weighted by Crippen LogP contribution is -2.39. The summed E-state index contributed by atoms with van der Waals surface area (Å²) in [4.78, 5) is 2.20. The normalized spacial score (nSPS) is 12.0. The molecule has 0 aliphatic carbocycles. The second-order valence-electron chi connectivity index (χ2n) is 5.39. The van der Waals surface area contributed by atoms with Crippen LogP contribution in [0.1, 0.15) is 17.5 Å². The molecule has 0 aromatic heterocycles. The van der Waals surface area contributed by atoms with Crippen molar-refractivity contribution in [3.05, 3.63) is 71.8 Å². The molecule has 0 heterocycles. The molecule has 1 unspecified atom stereocenters. The van der Waals surface area contributed by atoms with E-state index in [-0.39, 0.29) is 12.6 Å². The fourth-order valence-electron chi connectivity index (χ4n) is 2.60. The minimum atomic E-state index is 0.0240. The van der Waals surface area contributed by atoms with E-state index in [1.165, 1.54) is 11.1 Å². The molecule has 1 N–H and O–H groups in total. The maximum atomic E-state index is 9.81. The van der Waals surface area contributed by atoms with Crippen LogP contribution in [0.15, 0.2) is 60.7 Å². The average Bonchev–Trinajstić information content (AvgIpc) is 2.58. The van der Waals surface area contributed by atoms with Gasteiger partial charge in [-0.3, -0.25) is 4.90 Å². The second-order valence-corrected chi connectivity index (χ2v) is 5.39. The maximum absolute atomic E-state index is 9.81. The Balaban J connectivity index is 2.09. The van der Waals surface area contributed by atoms with E-state index in [2.05, 4.69) is 35.2 Å². The minimum absolute atomic E-state index is 0.0240. The molecule has 0 aliphatic heterocycles. The van der Waals surface area contributed by atoms with Gasteiger partial charge in [0.05, 0.1) is 12.7 Å². The molecule has 0 saturated carbocycles. The average molecular weight is 294 g/mol. The van der Waals surface area contributed by atoms with Crippen molar-refractivity contribution in [3.8, 4) is 6.07 Å². The molecule has 3 heteroatoms. The molecule has 0 bridgehead atoms. The van der Waals surface area contributed by atoms with E-state index in [4.69, 9.17) is 5.26 Å². The van der Waals surface area contributed by atoms with E-state index in [1.54, 1.807) is 0 Å². The zero-order chi connectivity index (χ0) is 15.6. The van der Waals surface area contributed by atoms with Crippen LogP contribution in [0.3, 0.4) is 0 Å². The van der Waals surface area contributed by atoms with Crippen LogP contribution in [-0.4, -0.2) is 29.2 Å². The summed E-state index contributed by atoms with van der Waals surface area (Å²) in [5.41, 5.74) is 2.41. The predicted molar refractivity (Wildman–Crippen MR) is 88.1 cm³/mol. The van der Waals surface area contributed by atoms with Gasteiger partial charge >= 0.3 is 0 Å². The number of hydrogen-bond acceptors (Lipinski definition) is 3. The predicted octanol–water partition coefficient (Wildman–Crippen LogP) is 3.01. The van der Waals surface area contributed by atoms with Gasteiger partial charge in [0, 0.05) is 25.6 Å². The standard InChI is InChI=1S/C19H22N2O/c20-12-7-13-21(15-18-10-5-2-6-11-18)19(16-22)14-17-8-3-1-4-9-17/h1-6,8-11,19,22H,7,13-16H2. The Labute approximate surface area is 132 Å². The fraction of sp³-hybridized carbons (Fsp3) is 0.316. The zero-order valence-electron chi connectivity index (χ0n) is 12.7. The summed E-state index contributed by atoms with van der Waals surface area (Å²) >= 11 is 0. The number of hydrogen-bond donors (Lipinski definition) is 1. The highest BCUT2D eigenvalue weighted by molar-refractivity contribution is 5.17. The van der Waals surface area contributed by atoms with Crippen molar-refractivity contribution in [2.45, 2.75) is 25.4 Å². The Kier molecular flexibility index (Phi) is 6.63. The third-order valence-corrected chi connectivity index (χ3v) is 3.78. The smallest absolute Gasteiger partial charge is 0.0635 e. The molecule has 2 aromatic rings. The van der Waals surface area contributed by atoms with Crippen molar-refractivity contribution < 1.29 is 5.11 Å². The topological polar surface area (TPSA) is 47.3 Å². The van der Waals surface area contributed by atoms with Crippen LogP contribution in [0, 0.1) is 11.3 Å². The lowest BCUT2D eigenvalue weighted by Gasteiger charge is -2.30. The van der Waals surface area contributed by atoms with Gasteiger partial charge in [0.25, 0.3) is 0 Å². The molecule has 0 fully saturated rings. The van der Waals surface area contributed by atoms with Gasteiger partial charge in [-0.1, -0.05) is 60.7 Å². The van der Waals surface area contributed by atoms with Crippen LogP contribution in [0.5, 0.6) is 0 Å². The minimum Gasteiger partial charge on any atom is -0.395 e. The quantitative estimate of drug-likeness (QED) is 0.814. The highest BCUT2D eigenvalue weighted by Gasteiger charge is 2.18. The lowest BCUT2D eigenvalue weighted by molar-refractivity contribution is 0.118. The molecule has 114 valence electrons. The third-order valence-electron chi connectivity index (χ3n) is 3.78. The Morgan fingerprint density at radius 3 is 2.09 bits per heavy atom. The largest absolute Gasteiger partial charge is 0.395 e. The van der Waals surface area contributed by atoms with Crippen LogP contribution in [0.25, 0.3) is 0 Å². The van der Waals surface area contributed by atoms with E-state index < -0.39 is 0 Å². The Morgan fingerprint density at radius 2 is 1.55 bits per heavy atom. The molecular weight excluding hydrogens is 272 g/mol. The van der Waals surface area contributed by atoms with Gasteiger partial charge in [-0.25, -0.2) is 0 Å². The third kappa shape index (κ3) is 5.00. The molecular formula is C19H22N2O. The van der Waals surface area contributed by atoms with Gasteiger partial charge in [-0.05, 0) is 17.5 Å². The summed E-state index contributed by atoms with van der Waals surface area (Å²) in [5, 5.41) is 18.7. The number of aliphatic hydroxyl groups excluding tert-OH is 1. The van der Waals surface area contributed by atoms with E-state index in [9.17, 15) is 5.11 Å². The molecule has 2 rings (SSSR count). The van der Waals surface area contributed by atoms with Crippen molar-refractivity contribution in [1.82, 2.24) is 4.90 Å². The van der Waals surface area contributed by atoms with Crippen molar-refractivity contribution in [2.24, 2.45) is 0 Å². The molecule has 0 saturated heterocycles. The van der Waals surface area contributed by atoms with Gasteiger partial charge in [-0.15, -0.1) is 0 Å². The first-order chi connectivity index (χ1) is 10.8. The van der Waals surface area contributed by atoms with Crippen LogP contribution < -0.4 is 0 Å². The van der Waals surface area contributed by atoms with Crippen LogP contribution in [-0.2, 0) is 13.0 Å². The van der Waals surface area contributed by atoms with E-state index >= 15 is 0 Å². The lowest BCUT2D eigenvalue weighted by atomic mass is 10.0. The highest BCUT2D eigenvalue weighted by atomic mass is 16.3. The highest BCUT2D eigenvalue weighted by Crippen LogP contribution is 2.13. The fourth-order valence-corrected chi connectivity index (χ4v) is 2.60. The number of nitrogens with zero attached hydrogens (tertiary/aromatic N) is 2. The van der Waals surface area contributed by atoms with Crippen molar-refractivity contribution in [1.29, 1.82) is 5.26 Å². The summed E-state index contributed by atoms with van der Waals surface area (Å²) in [6, 6.07) is 22.6. The number of rotatable bonds is 8. The molecule has 2 aromatic carbocycles. The molecule has 0 spiro atoms. The monoisotopic (exact) mass is 294 g/mol. The summed E-state index contributed by atoms with van der Waals surface area (Å²) < 4.78 is 0. The van der Waals surface area contributed by atoms with Gasteiger partial charge in [0.1, 0.15) is 0 Å². The van der Waals surface area contributed by atoms with Crippen LogP contribution >= 0.6 is 0 Å². The van der Waals surface area contributed by atoms with Gasteiger partial charge in [-0.2, -0.15) is 5.26 Å². The Hall–Kier alpha value is -2.15. The van der Waals surface area contributed by atoms with E-state index in [0.717, 1.165) is 13.0 Å². The molecule has 0 amide bonds. The van der Waals surface area contributed by atoms with E-state index in [0.29, 0.717) is 13.0 Å². The number of aliphatic hydroxyl groups is 1. The van der Waals surface area contributed by atoms with Gasteiger partial charge in [0.15, 0.2) is 0 Å². The maximum Gasteiger partial charge on any atom is 0.0635 e. The number of nitriles is 1. The van der Waals surface area contributed by atoms with Crippen molar-refractivity contribution >= 4 is 0 Å². The Morgan fingerprint density at radius 1 is 0.955 bits per heavy atom. The zero-order valence-corrected chi connectivity index (χ0v) is 12.7. The summed E-state index contributed by atoms with van der Waals surface area (Å²) in [7, 11) is 0. The first-order valence-electron chi connectivity index (χ1n) is 7.63.